The minimum atomic E-state index is -0.235. The zero-order chi connectivity index (χ0) is 14.8. The zero-order valence-corrected chi connectivity index (χ0v) is 12.4. The molecule has 2 heterocycles. The van der Waals surface area contributed by atoms with E-state index in [9.17, 15) is 9.18 Å². The topological polar surface area (TPSA) is 51.0 Å². The van der Waals surface area contributed by atoms with Crippen LogP contribution >= 0.6 is 11.8 Å². The van der Waals surface area contributed by atoms with E-state index in [1.54, 1.807) is 28.8 Å². The molecule has 1 aliphatic heterocycles. The third-order valence-corrected chi connectivity index (χ3v) is 4.40. The summed E-state index contributed by atoms with van der Waals surface area (Å²) >= 11 is 1.54. The van der Waals surface area contributed by atoms with Gasteiger partial charge in [0.2, 0.25) is 11.9 Å². The number of rotatable bonds is 3. The Morgan fingerprint density at radius 3 is 2.76 bits per heavy atom. The Hall–Kier alpha value is -1.89. The number of nitrogens with zero attached hydrogens (tertiary/aromatic N) is 4. The van der Waals surface area contributed by atoms with E-state index >= 15 is 0 Å². The predicted octanol–water partition coefficient (Wildman–Crippen LogP) is 2.47. The summed E-state index contributed by atoms with van der Waals surface area (Å²) in [5.41, 5.74) is 1.03. The van der Waals surface area contributed by atoms with Crippen molar-refractivity contribution < 1.29 is 9.18 Å². The quantitative estimate of drug-likeness (QED) is 0.817. The van der Waals surface area contributed by atoms with Gasteiger partial charge in [-0.25, -0.2) is 4.39 Å². The fraction of sp³-hybridized carbons (Fsp3) is 0.357. The Kier molecular flexibility index (Phi) is 3.92. The van der Waals surface area contributed by atoms with Crippen molar-refractivity contribution in [3.05, 3.63) is 35.6 Å². The number of carbonyl (C=O) groups excluding carboxylic acids is 1. The van der Waals surface area contributed by atoms with Gasteiger partial charge in [0.05, 0.1) is 0 Å². The predicted molar refractivity (Wildman–Crippen MR) is 78.6 cm³/mol. The van der Waals surface area contributed by atoms with Crippen LogP contribution < -0.4 is 4.90 Å². The van der Waals surface area contributed by atoms with E-state index in [1.807, 2.05) is 4.57 Å². The standard InChI is InChI=1S/C14H15FN4OS/c1-10(20)18-7-2-8-19-13(18)16-17-14(19)21-9-11-3-5-12(15)6-4-11/h3-6H,2,7-9H2,1H3. The van der Waals surface area contributed by atoms with E-state index in [4.69, 9.17) is 0 Å². The first kappa shape index (κ1) is 14.1. The maximum atomic E-state index is 12.9. The lowest BCUT2D eigenvalue weighted by atomic mass is 10.2. The monoisotopic (exact) mass is 306 g/mol. The van der Waals surface area contributed by atoms with Gasteiger partial charge in [0.15, 0.2) is 5.16 Å². The lowest BCUT2D eigenvalue weighted by Crippen LogP contribution is -2.36. The summed E-state index contributed by atoms with van der Waals surface area (Å²) < 4.78 is 14.8. The van der Waals surface area contributed by atoms with Crippen molar-refractivity contribution in [2.24, 2.45) is 0 Å². The summed E-state index contributed by atoms with van der Waals surface area (Å²) in [4.78, 5) is 13.2. The Morgan fingerprint density at radius 1 is 1.29 bits per heavy atom. The number of hydrogen-bond acceptors (Lipinski definition) is 4. The smallest absolute Gasteiger partial charge is 0.234 e. The van der Waals surface area contributed by atoms with Crippen LogP contribution in [0.1, 0.15) is 18.9 Å². The molecule has 0 aliphatic carbocycles. The van der Waals surface area contributed by atoms with Crippen LogP contribution in [0.4, 0.5) is 10.3 Å². The highest BCUT2D eigenvalue weighted by Crippen LogP contribution is 2.28. The van der Waals surface area contributed by atoms with E-state index in [0.717, 1.165) is 23.7 Å². The van der Waals surface area contributed by atoms with Gasteiger partial charge >= 0.3 is 0 Å². The average molecular weight is 306 g/mol. The molecule has 1 aromatic carbocycles. The Morgan fingerprint density at radius 2 is 2.05 bits per heavy atom. The summed E-state index contributed by atoms with van der Waals surface area (Å²) in [6.07, 6.45) is 0.898. The fourth-order valence-corrected chi connectivity index (χ4v) is 3.21. The number of aromatic nitrogens is 3. The molecule has 5 nitrogen and oxygen atoms in total. The van der Waals surface area contributed by atoms with Gasteiger partial charge in [-0.15, -0.1) is 10.2 Å². The molecule has 21 heavy (non-hydrogen) atoms. The van der Waals surface area contributed by atoms with Crippen LogP contribution in [0, 0.1) is 5.82 Å². The second-order valence-corrected chi connectivity index (χ2v) is 5.82. The number of thioether (sulfide) groups is 1. The molecule has 0 saturated carbocycles. The summed E-state index contributed by atoms with van der Waals surface area (Å²) in [7, 11) is 0. The SMILES string of the molecule is CC(=O)N1CCCn2c(SCc3ccc(F)cc3)nnc21. The molecule has 0 spiro atoms. The van der Waals surface area contributed by atoms with Crippen LogP contribution in [0.5, 0.6) is 0 Å². The Balaban J connectivity index is 1.75. The van der Waals surface area contributed by atoms with Crippen molar-refractivity contribution in [1.29, 1.82) is 0 Å². The van der Waals surface area contributed by atoms with E-state index in [-0.39, 0.29) is 11.7 Å². The molecule has 110 valence electrons. The number of anilines is 1. The molecule has 7 heteroatoms. The first-order valence-corrected chi connectivity index (χ1v) is 7.72. The molecule has 0 atom stereocenters. The highest BCUT2D eigenvalue weighted by atomic mass is 32.2. The summed E-state index contributed by atoms with van der Waals surface area (Å²) in [6.45, 7) is 3.05. The van der Waals surface area contributed by atoms with Gasteiger partial charge < -0.3 is 0 Å². The van der Waals surface area contributed by atoms with Gasteiger partial charge in [0, 0.05) is 25.8 Å². The first-order valence-electron chi connectivity index (χ1n) is 6.73. The lowest BCUT2D eigenvalue weighted by molar-refractivity contribution is -0.116. The fourth-order valence-electron chi connectivity index (χ4n) is 2.30. The van der Waals surface area contributed by atoms with Crippen LogP contribution in [0.15, 0.2) is 29.4 Å². The number of carbonyl (C=O) groups is 1. The first-order chi connectivity index (χ1) is 10.1. The third-order valence-electron chi connectivity index (χ3n) is 3.36. The van der Waals surface area contributed by atoms with Crippen molar-refractivity contribution in [3.8, 4) is 0 Å². The van der Waals surface area contributed by atoms with Gasteiger partial charge in [0.1, 0.15) is 5.82 Å². The maximum Gasteiger partial charge on any atom is 0.234 e. The van der Waals surface area contributed by atoms with Gasteiger partial charge in [-0.2, -0.15) is 0 Å². The maximum absolute atomic E-state index is 12.9. The van der Waals surface area contributed by atoms with E-state index in [0.29, 0.717) is 18.2 Å². The van der Waals surface area contributed by atoms with Gasteiger partial charge in [-0.1, -0.05) is 23.9 Å². The van der Waals surface area contributed by atoms with Gasteiger partial charge in [-0.05, 0) is 24.1 Å². The second-order valence-electron chi connectivity index (χ2n) is 4.87. The molecule has 0 saturated heterocycles. The summed E-state index contributed by atoms with van der Waals surface area (Å²) in [6, 6.07) is 6.43. The van der Waals surface area contributed by atoms with Crippen LogP contribution in [0.25, 0.3) is 0 Å². The molecule has 0 unspecified atom stereocenters. The second kappa shape index (κ2) is 5.85. The Labute approximate surface area is 126 Å². The van der Waals surface area contributed by atoms with E-state index in [1.165, 1.54) is 19.1 Å². The largest absolute Gasteiger partial charge is 0.288 e. The van der Waals surface area contributed by atoms with Gasteiger partial charge in [0.25, 0.3) is 0 Å². The average Bonchev–Trinajstić information content (AvgIpc) is 2.89. The molecule has 0 bridgehead atoms. The molecule has 1 aromatic heterocycles. The van der Waals surface area contributed by atoms with Crippen molar-refractivity contribution in [1.82, 2.24) is 14.8 Å². The lowest BCUT2D eigenvalue weighted by Gasteiger charge is -2.25. The normalized spacial score (nSPS) is 14.1. The number of benzene rings is 1. The molecule has 1 aliphatic rings. The highest BCUT2D eigenvalue weighted by molar-refractivity contribution is 7.98. The molecular weight excluding hydrogens is 291 g/mol. The van der Waals surface area contributed by atoms with Crippen molar-refractivity contribution in [2.75, 3.05) is 11.4 Å². The van der Waals surface area contributed by atoms with Crippen LogP contribution in [-0.2, 0) is 17.1 Å². The highest BCUT2D eigenvalue weighted by Gasteiger charge is 2.24. The number of fused-ring (bicyclic) bond motifs is 1. The van der Waals surface area contributed by atoms with Crippen molar-refractivity contribution in [3.63, 3.8) is 0 Å². The number of halogens is 1. The minimum Gasteiger partial charge on any atom is -0.288 e. The summed E-state index contributed by atoms with van der Waals surface area (Å²) in [5, 5.41) is 9.09. The molecule has 2 aromatic rings. The summed E-state index contributed by atoms with van der Waals surface area (Å²) in [5.74, 6) is 1.06. The van der Waals surface area contributed by atoms with Crippen molar-refractivity contribution in [2.45, 2.75) is 30.8 Å². The van der Waals surface area contributed by atoms with Crippen LogP contribution in [0.2, 0.25) is 0 Å². The molecule has 0 radical (unpaired) electrons. The minimum absolute atomic E-state index is 0.0153. The molecule has 3 rings (SSSR count). The molecule has 0 N–H and O–H groups in total. The van der Waals surface area contributed by atoms with Crippen LogP contribution in [0.3, 0.4) is 0 Å². The van der Waals surface area contributed by atoms with Crippen molar-refractivity contribution >= 4 is 23.6 Å². The molecule has 1 amide bonds. The van der Waals surface area contributed by atoms with Gasteiger partial charge in [-0.3, -0.25) is 14.3 Å². The number of amides is 1. The number of hydrogen-bond donors (Lipinski definition) is 0. The molecular formula is C14H15FN4OS. The Bertz CT molecular complexity index is 655. The van der Waals surface area contributed by atoms with Crippen LogP contribution in [-0.4, -0.2) is 27.2 Å². The molecule has 0 fully saturated rings. The zero-order valence-electron chi connectivity index (χ0n) is 11.6. The van der Waals surface area contributed by atoms with E-state index < -0.39 is 0 Å². The third kappa shape index (κ3) is 2.92. The van der Waals surface area contributed by atoms with E-state index in [2.05, 4.69) is 10.2 Å².